The van der Waals surface area contributed by atoms with Crippen molar-refractivity contribution in [3.63, 3.8) is 0 Å². The molecule has 0 aliphatic carbocycles. The summed E-state index contributed by atoms with van der Waals surface area (Å²) in [6.07, 6.45) is 1.74. The van der Waals surface area contributed by atoms with Gasteiger partial charge in [-0.05, 0) is 18.2 Å². The number of rotatable bonds is 1. The Kier molecular flexibility index (Phi) is 2.77. The van der Waals surface area contributed by atoms with Crippen LogP contribution in [-0.4, -0.2) is 24.4 Å². The van der Waals surface area contributed by atoms with Gasteiger partial charge in [0.1, 0.15) is 5.54 Å². The Morgan fingerprint density at radius 3 is 2.70 bits per heavy atom. The third-order valence-electron chi connectivity index (χ3n) is 4.28. The maximum absolute atomic E-state index is 12.6. The number of anilines is 1. The van der Waals surface area contributed by atoms with Gasteiger partial charge in [0.25, 0.3) is 11.8 Å². The smallest absolute Gasteiger partial charge is 0.322 e. The quantitative estimate of drug-likeness (QED) is 0.778. The standard InChI is InChI=1S/C16H13N3O4/c20-13(12-6-3-9-23-12)19-8-7-16(14(21)17-15(22)18-16)10-4-1-2-5-11(10)19/h1-6,9H,7-8H2,(H2,17,18,21,22). The maximum atomic E-state index is 12.6. The van der Waals surface area contributed by atoms with Crippen LogP contribution in [0.2, 0.25) is 0 Å². The summed E-state index contributed by atoms with van der Waals surface area (Å²) >= 11 is 0. The Hall–Kier alpha value is -3.09. The number of fused-ring (bicyclic) bond motifs is 2. The van der Waals surface area contributed by atoms with E-state index in [-0.39, 0.29) is 17.6 Å². The molecule has 0 bridgehead atoms. The number of furan rings is 1. The van der Waals surface area contributed by atoms with E-state index in [1.165, 1.54) is 6.26 Å². The molecule has 4 amide bonds. The fourth-order valence-corrected chi connectivity index (χ4v) is 3.21. The number of hydrogen-bond acceptors (Lipinski definition) is 4. The van der Waals surface area contributed by atoms with Gasteiger partial charge in [-0.15, -0.1) is 0 Å². The fourth-order valence-electron chi connectivity index (χ4n) is 3.21. The lowest BCUT2D eigenvalue weighted by Crippen LogP contribution is -2.52. The average molecular weight is 311 g/mol. The summed E-state index contributed by atoms with van der Waals surface area (Å²) in [5, 5.41) is 4.99. The Morgan fingerprint density at radius 1 is 1.17 bits per heavy atom. The molecular weight excluding hydrogens is 298 g/mol. The Labute approximate surface area is 131 Å². The topological polar surface area (TPSA) is 91.7 Å². The first-order valence-corrected chi connectivity index (χ1v) is 7.20. The van der Waals surface area contributed by atoms with Gasteiger partial charge in [0.05, 0.1) is 12.0 Å². The summed E-state index contributed by atoms with van der Waals surface area (Å²) in [5.74, 6) is -0.433. The van der Waals surface area contributed by atoms with E-state index >= 15 is 0 Å². The zero-order valence-electron chi connectivity index (χ0n) is 12.0. The summed E-state index contributed by atoms with van der Waals surface area (Å²) in [6, 6.07) is 9.80. The Bertz CT molecular complexity index is 814. The van der Waals surface area contributed by atoms with Crippen molar-refractivity contribution in [1.29, 1.82) is 0 Å². The van der Waals surface area contributed by atoms with Crippen molar-refractivity contribution in [3.05, 3.63) is 54.0 Å². The molecule has 2 aliphatic rings. The van der Waals surface area contributed by atoms with Gasteiger partial charge in [-0.25, -0.2) is 4.79 Å². The number of carbonyl (C=O) groups is 3. The number of nitrogens with one attached hydrogen (secondary N) is 2. The highest BCUT2D eigenvalue weighted by molar-refractivity contribution is 6.11. The van der Waals surface area contributed by atoms with Crippen LogP contribution in [0.4, 0.5) is 10.5 Å². The van der Waals surface area contributed by atoms with E-state index in [0.29, 0.717) is 24.2 Å². The van der Waals surface area contributed by atoms with Gasteiger partial charge in [0, 0.05) is 18.5 Å². The van der Waals surface area contributed by atoms with E-state index in [2.05, 4.69) is 10.6 Å². The van der Waals surface area contributed by atoms with Crippen molar-refractivity contribution in [2.24, 2.45) is 0 Å². The van der Waals surface area contributed by atoms with Crippen LogP contribution >= 0.6 is 0 Å². The molecule has 0 radical (unpaired) electrons. The Morgan fingerprint density at radius 2 is 2.00 bits per heavy atom. The minimum atomic E-state index is -1.12. The number of amides is 4. The first-order valence-electron chi connectivity index (χ1n) is 7.20. The molecule has 2 aromatic rings. The van der Waals surface area contributed by atoms with Crippen LogP contribution in [0.3, 0.4) is 0 Å². The van der Waals surface area contributed by atoms with Gasteiger partial charge in [-0.1, -0.05) is 18.2 Å². The number of benzene rings is 1. The van der Waals surface area contributed by atoms with Crippen molar-refractivity contribution in [2.45, 2.75) is 12.0 Å². The Balaban J connectivity index is 1.81. The number of hydrogen-bond donors (Lipinski definition) is 2. The molecule has 1 unspecified atom stereocenters. The predicted molar refractivity (Wildman–Crippen MR) is 79.8 cm³/mol. The number of imide groups is 1. The zero-order valence-corrected chi connectivity index (χ0v) is 12.0. The molecule has 1 saturated heterocycles. The lowest BCUT2D eigenvalue weighted by Gasteiger charge is -2.38. The van der Waals surface area contributed by atoms with Crippen LogP contribution in [0.15, 0.2) is 47.1 Å². The van der Waals surface area contributed by atoms with Crippen LogP contribution in [0.5, 0.6) is 0 Å². The monoisotopic (exact) mass is 311 g/mol. The highest BCUT2D eigenvalue weighted by Gasteiger charge is 2.51. The molecule has 23 heavy (non-hydrogen) atoms. The fraction of sp³-hybridized carbons (Fsp3) is 0.188. The van der Waals surface area contributed by atoms with Crippen molar-refractivity contribution in [2.75, 3.05) is 11.4 Å². The van der Waals surface area contributed by atoms with Gasteiger partial charge in [0.2, 0.25) is 0 Å². The minimum Gasteiger partial charge on any atom is -0.459 e. The van der Waals surface area contributed by atoms with E-state index in [1.54, 1.807) is 41.3 Å². The molecule has 7 heteroatoms. The number of carbonyl (C=O) groups excluding carboxylic acids is 3. The molecule has 4 rings (SSSR count). The summed E-state index contributed by atoms with van der Waals surface area (Å²) in [6.45, 7) is 0.296. The number of urea groups is 1. The van der Waals surface area contributed by atoms with E-state index in [1.807, 2.05) is 0 Å². The van der Waals surface area contributed by atoms with Crippen LogP contribution in [-0.2, 0) is 10.3 Å². The average Bonchev–Trinajstić information content (AvgIpc) is 3.17. The van der Waals surface area contributed by atoms with E-state index < -0.39 is 11.6 Å². The molecule has 1 aromatic heterocycles. The summed E-state index contributed by atoms with van der Waals surface area (Å²) in [5.41, 5.74) is 0.0835. The summed E-state index contributed by atoms with van der Waals surface area (Å²) in [4.78, 5) is 38.1. The lowest BCUT2D eigenvalue weighted by atomic mass is 9.82. The van der Waals surface area contributed by atoms with Crippen LogP contribution in [0.1, 0.15) is 22.5 Å². The minimum absolute atomic E-state index is 0.232. The first kappa shape index (κ1) is 13.6. The summed E-state index contributed by atoms with van der Waals surface area (Å²) < 4.78 is 5.18. The molecule has 7 nitrogen and oxygen atoms in total. The van der Waals surface area contributed by atoms with Gasteiger partial charge in [-0.3, -0.25) is 14.9 Å². The second-order valence-corrected chi connectivity index (χ2v) is 5.51. The predicted octanol–water partition coefficient (Wildman–Crippen LogP) is 1.36. The van der Waals surface area contributed by atoms with E-state index in [0.717, 1.165) is 0 Å². The van der Waals surface area contributed by atoms with E-state index in [9.17, 15) is 14.4 Å². The second kappa shape index (κ2) is 4.70. The largest absolute Gasteiger partial charge is 0.459 e. The van der Waals surface area contributed by atoms with E-state index in [4.69, 9.17) is 4.42 Å². The van der Waals surface area contributed by atoms with Gasteiger partial charge >= 0.3 is 6.03 Å². The van der Waals surface area contributed by atoms with Gasteiger partial charge in [0.15, 0.2) is 5.76 Å². The molecule has 0 saturated carbocycles. The molecule has 2 N–H and O–H groups in total. The molecule has 116 valence electrons. The molecule has 1 aromatic carbocycles. The molecule has 1 atom stereocenters. The molecule has 2 aliphatic heterocycles. The first-order chi connectivity index (χ1) is 11.1. The van der Waals surface area contributed by atoms with Crippen LogP contribution < -0.4 is 15.5 Å². The lowest BCUT2D eigenvalue weighted by molar-refractivity contribution is -0.124. The highest BCUT2D eigenvalue weighted by atomic mass is 16.3. The SMILES string of the molecule is O=C1NC(=O)C2(CCN(C(=O)c3ccco3)c3ccccc32)N1. The number of nitrogens with zero attached hydrogens (tertiary/aromatic N) is 1. The molecule has 3 heterocycles. The van der Waals surface area contributed by atoms with Crippen LogP contribution in [0, 0.1) is 0 Å². The zero-order chi connectivity index (χ0) is 16.0. The maximum Gasteiger partial charge on any atom is 0.322 e. The summed E-state index contributed by atoms with van der Waals surface area (Å²) in [7, 11) is 0. The molecule has 1 spiro atoms. The van der Waals surface area contributed by atoms with Crippen molar-refractivity contribution < 1.29 is 18.8 Å². The second-order valence-electron chi connectivity index (χ2n) is 5.51. The number of para-hydroxylation sites is 1. The molecule has 1 fully saturated rings. The van der Waals surface area contributed by atoms with Crippen LogP contribution in [0.25, 0.3) is 0 Å². The van der Waals surface area contributed by atoms with Gasteiger partial charge in [-0.2, -0.15) is 0 Å². The van der Waals surface area contributed by atoms with Crippen molar-refractivity contribution in [3.8, 4) is 0 Å². The third kappa shape index (κ3) is 1.86. The normalized spacial score (nSPS) is 22.7. The third-order valence-corrected chi connectivity index (χ3v) is 4.28. The highest BCUT2D eigenvalue weighted by Crippen LogP contribution is 2.40. The van der Waals surface area contributed by atoms with Crippen molar-refractivity contribution in [1.82, 2.24) is 10.6 Å². The molecular formula is C16H13N3O4. The van der Waals surface area contributed by atoms with Gasteiger partial charge < -0.3 is 14.6 Å². The van der Waals surface area contributed by atoms with Crippen molar-refractivity contribution >= 4 is 23.5 Å².